The number of nitrogens with one attached hydrogen (secondary N) is 1. The lowest BCUT2D eigenvalue weighted by molar-refractivity contribution is 0.737. The fourth-order valence-electron chi connectivity index (χ4n) is 3.37. The average molecular weight is 347 g/mol. The first-order valence-corrected chi connectivity index (χ1v) is 9.33. The molecule has 1 atom stereocenters. The summed E-state index contributed by atoms with van der Waals surface area (Å²) in [4.78, 5) is 0. The van der Waals surface area contributed by atoms with Gasteiger partial charge in [0.2, 0.25) is 0 Å². The van der Waals surface area contributed by atoms with Gasteiger partial charge in [-0.1, -0.05) is 60.3 Å². The summed E-state index contributed by atoms with van der Waals surface area (Å²) in [6, 6.07) is 21.1. The Kier molecular flexibility index (Phi) is 4.14. The third-order valence-electron chi connectivity index (χ3n) is 4.64. The van der Waals surface area contributed by atoms with Crippen molar-refractivity contribution in [2.75, 3.05) is 0 Å². The fraction of sp³-hybridized carbons (Fsp3) is 0.190. The lowest BCUT2D eigenvalue weighted by Gasteiger charge is -2.14. The molecule has 25 heavy (non-hydrogen) atoms. The van der Waals surface area contributed by atoms with Crippen LogP contribution in [-0.4, -0.2) is 9.61 Å². The van der Waals surface area contributed by atoms with Crippen LogP contribution >= 0.6 is 11.8 Å². The summed E-state index contributed by atoms with van der Waals surface area (Å²) in [5, 5.41) is 5.75. The molecular weight excluding hydrogens is 326 g/mol. The maximum atomic E-state index is 4.55. The van der Waals surface area contributed by atoms with Crippen LogP contribution in [-0.2, 0) is 0 Å². The molecule has 126 valence electrons. The summed E-state index contributed by atoms with van der Waals surface area (Å²) in [5.74, 6) is 0. The molecule has 0 radical (unpaired) electrons. The third kappa shape index (κ3) is 2.87. The molecule has 3 nitrogen and oxygen atoms in total. The zero-order valence-corrected chi connectivity index (χ0v) is 15.5. The maximum Gasteiger partial charge on any atom is 0.126 e. The van der Waals surface area contributed by atoms with Crippen molar-refractivity contribution in [3.05, 3.63) is 88.7 Å². The predicted molar refractivity (Wildman–Crippen MR) is 106 cm³/mol. The highest BCUT2D eigenvalue weighted by atomic mass is 32.2. The zero-order chi connectivity index (χ0) is 17.4. The lowest BCUT2D eigenvalue weighted by Crippen LogP contribution is -2.08. The number of hydrazone groups is 1. The molecule has 3 aromatic rings. The van der Waals surface area contributed by atoms with E-state index >= 15 is 0 Å². The molecule has 0 amide bonds. The number of para-hydroxylation sites is 1. The minimum absolute atomic E-state index is 0.152. The molecule has 1 aliphatic heterocycles. The predicted octanol–water partition coefficient (Wildman–Crippen LogP) is 5.10. The van der Waals surface area contributed by atoms with Crippen molar-refractivity contribution in [3.8, 4) is 5.69 Å². The van der Waals surface area contributed by atoms with Gasteiger partial charge in [-0.05, 0) is 38.5 Å². The molecule has 0 fully saturated rings. The van der Waals surface area contributed by atoms with Crippen LogP contribution in [0.25, 0.3) is 5.69 Å². The molecule has 0 aliphatic carbocycles. The second-order valence-electron chi connectivity index (χ2n) is 6.36. The van der Waals surface area contributed by atoms with Gasteiger partial charge in [-0.15, -0.1) is 0 Å². The molecule has 2 heterocycles. The van der Waals surface area contributed by atoms with E-state index in [4.69, 9.17) is 0 Å². The van der Waals surface area contributed by atoms with E-state index in [0.717, 1.165) is 10.6 Å². The summed E-state index contributed by atoms with van der Waals surface area (Å²) in [6.45, 7) is 6.52. The average Bonchev–Trinajstić information content (AvgIpc) is 3.22. The first-order valence-electron chi connectivity index (χ1n) is 8.45. The third-order valence-corrected chi connectivity index (χ3v) is 5.79. The second kappa shape index (κ2) is 6.45. The topological polar surface area (TPSA) is 29.3 Å². The molecule has 0 spiro atoms. The molecule has 2 aromatic carbocycles. The van der Waals surface area contributed by atoms with Crippen molar-refractivity contribution in [2.45, 2.75) is 26.1 Å². The van der Waals surface area contributed by atoms with E-state index < -0.39 is 0 Å². The Morgan fingerprint density at radius 2 is 1.68 bits per heavy atom. The normalized spacial score (nSPS) is 16.6. The number of aromatic nitrogens is 1. The molecule has 1 aromatic heterocycles. The number of thioether (sulfide) groups is 1. The van der Waals surface area contributed by atoms with E-state index in [1.54, 1.807) is 11.8 Å². The van der Waals surface area contributed by atoms with Crippen LogP contribution in [0.2, 0.25) is 0 Å². The van der Waals surface area contributed by atoms with Crippen LogP contribution in [0.15, 0.2) is 65.8 Å². The van der Waals surface area contributed by atoms with Crippen molar-refractivity contribution in [1.29, 1.82) is 0 Å². The molecular formula is C21H21N3S. The highest BCUT2D eigenvalue weighted by Gasteiger charge is 2.26. The highest BCUT2D eigenvalue weighted by Crippen LogP contribution is 2.37. The number of hydrogen-bond acceptors (Lipinski definition) is 3. The molecule has 4 heteroatoms. The Morgan fingerprint density at radius 1 is 0.960 bits per heavy atom. The zero-order valence-electron chi connectivity index (χ0n) is 14.7. The summed E-state index contributed by atoms with van der Waals surface area (Å²) < 4.78 is 2.34. The van der Waals surface area contributed by atoms with Gasteiger partial charge in [0.05, 0.1) is 0 Å². The fourth-order valence-corrected chi connectivity index (χ4v) is 4.44. The van der Waals surface area contributed by atoms with Gasteiger partial charge in [0.15, 0.2) is 0 Å². The van der Waals surface area contributed by atoms with Gasteiger partial charge in [0.25, 0.3) is 0 Å². The Hall–Kier alpha value is -2.46. The molecule has 0 saturated carbocycles. The van der Waals surface area contributed by atoms with Crippen molar-refractivity contribution < 1.29 is 0 Å². The Balaban J connectivity index is 1.66. The Labute approximate surface area is 152 Å². The SMILES string of the molecule is Cc1ccccc1-n1c(C)cc([C@H]2NN=C(c3ccccc3)S2)c1C. The monoisotopic (exact) mass is 347 g/mol. The lowest BCUT2D eigenvalue weighted by atomic mass is 10.2. The van der Waals surface area contributed by atoms with Gasteiger partial charge in [-0.2, -0.15) is 5.10 Å². The molecule has 0 bridgehead atoms. The smallest absolute Gasteiger partial charge is 0.126 e. The minimum Gasteiger partial charge on any atom is -0.318 e. The van der Waals surface area contributed by atoms with Crippen LogP contribution in [0.4, 0.5) is 0 Å². The number of hydrogen-bond donors (Lipinski definition) is 1. The molecule has 0 saturated heterocycles. The second-order valence-corrected chi connectivity index (χ2v) is 7.45. The first kappa shape index (κ1) is 16.0. The quantitative estimate of drug-likeness (QED) is 0.714. The molecule has 0 unspecified atom stereocenters. The van der Waals surface area contributed by atoms with Gasteiger partial charge >= 0.3 is 0 Å². The summed E-state index contributed by atoms with van der Waals surface area (Å²) in [5.41, 5.74) is 10.8. The number of nitrogens with zero attached hydrogens (tertiary/aromatic N) is 2. The highest BCUT2D eigenvalue weighted by molar-refractivity contribution is 8.14. The van der Waals surface area contributed by atoms with Crippen LogP contribution in [0, 0.1) is 20.8 Å². The van der Waals surface area contributed by atoms with Crippen LogP contribution in [0.1, 0.15) is 33.5 Å². The number of benzene rings is 2. The molecule has 1 aliphatic rings. The molecule has 1 N–H and O–H groups in total. The van der Waals surface area contributed by atoms with Crippen LogP contribution < -0.4 is 5.43 Å². The minimum atomic E-state index is 0.152. The number of aryl methyl sites for hydroxylation is 2. The van der Waals surface area contributed by atoms with E-state index in [0.29, 0.717) is 0 Å². The Morgan fingerprint density at radius 3 is 2.44 bits per heavy atom. The van der Waals surface area contributed by atoms with Crippen molar-refractivity contribution in [1.82, 2.24) is 9.99 Å². The first-order chi connectivity index (χ1) is 12.1. The standard InChI is InChI=1S/C21H21N3S/c1-14-9-7-8-12-19(14)24-15(2)13-18(16(24)3)21-23-22-20(25-21)17-10-5-4-6-11-17/h4-13,21,23H,1-3H3/t21-/m0/s1. The molecule has 4 rings (SSSR count). The van der Waals surface area contributed by atoms with Crippen molar-refractivity contribution in [3.63, 3.8) is 0 Å². The van der Waals surface area contributed by atoms with Crippen molar-refractivity contribution >= 4 is 16.8 Å². The van der Waals surface area contributed by atoms with E-state index in [1.165, 1.54) is 28.2 Å². The Bertz CT molecular complexity index is 941. The van der Waals surface area contributed by atoms with E-state index in [9.17, 15) is 0 Å². The summed E-state index contributed by atoms with van der Waals surface area (Å²) in [6.07, 6.45) is 0. The summed E-state index contributed by atoms with van der Waals surface area (Å²) >= 11 is 1.78. The van der Waals surface area contributed by atoms with Gasteiger partial charge in [-0.25, -0.2) is 0 Å². The van der Waals surface area contributed by atoms with Crippen molar-refractivity contribution in [2.24, 2.45) is 5.10 Å². The van der Waals surface area contributed by atoms with Crippen LogP contribution in [0.5, 0.6) is 0 Å². The van der Waals surface area contributed by atoms with E-state index in [2.05, 4.69) is 90.5 Å². The maximum absolute atomic E-state index is 4.55. The number of rotatable bonds is 3. The van der Waals surface area contributed by atoms with E-state index in [-0.39, 0.29) is 5.37 Å². The van der Waals surface area contributed by atoms with Gasteiger partial charge in [0.1, 0.15) is 10.4 Å². The van der Waals surface area contributed by atoms with Crippen LogP contribution in [0.3, 0.4) is 0 Å². The van der Waals surface area contributed by atoms with Gasteiger partial charge in [-0.3, -0.25) is 5.43 Å². The largest absolute Gasteiger partial charge is 0.318 e. The van der Waals surface area contributed by atoms with E-state index in [1.807, 2.05) is 6.07 Å². The van der Waals surface area contributed by atoms with Gasteiger partial charge < -0.3 is 4.57 Å². The summed E-state index contributed by atoms with van der Waals surface area (Å²) in [7, 11) is 0. The van der Waals surface area contributed by atoms with Gasteiger partial charge in [0, 0.05) is 28.2 Å².